The molecule has 1 aliphatic rings. The summed E-state index contributed by atoms with van der Waals surface area (Å²) in [6.45, 7) is 0.783. The van der Waals surface area contributed by atoms with Gasteiger partial charge in [-0.15, -0.1) is 0 Å². The summed E-state index contributed by atoms with van der Waals surface area (Å²) in [4.78, 5) is 7.83. The first-order valence-electron chi connectivity index (χ1n) is 8.94. The third kappa shape index (κ3) is 4.50. The Morgan fingerprint density at radius 2 is 1.96 bits per heavy atom. The number of fused-ring (bicyclic) bond motifs is 1. The van der Waals surface area contributed by atoms with Crippen LogP contribution in [0.4, 0.5) is 0 Å². The maximum Gasteiger partial charge on any atom is 0.188 e. The lowest BCUT2D eigenvalue weighted by Crippen LogP contribution is -2.39. The van der Waals surface area contributed by atoms with Gasteiger partial charge in [-0.3, -0.25) is 4.99 Å². The number of para-hydroxylation sites is 1. The molecule has 1 heterocycles. The third-order valence-corrected chi connectivity index (χ3v) is 4.77. The summed E-state index contributed by atoms with van der Waals surface area (Å²) in [5.74, 6) is 0.621. The van der Waals surface area contributed by atoms with Crippen LogP contribution in [0.3, 0.4) is 0 Å². The van der Waals surface area contributed by atoms with Crippen LogP contribution < -0.4 is 11.1 Å². The van der Waals surface area contributed by atoms with Gasteiger partial charge in [-0.05, 0) is 37.3 Å². The number of hydrogen-bond acceptors (Lipinski definition) is 1. The molecule has 4 heteroatoms. The van der Waals surface area contributed by atoms with Crippen LogP contribution in [0.25, 0.3) is 10.9 Å². The molecule has 0 unspecified atom stereocenters. The number of hydrogen-bond donors (Lipinski definition) is 3. The van der Waals surface area contributed by atoms with Gasteiger partial charge in [-0.1, -0.05) is 43.9 Å². The fourth-order valence-corrected chi connectivity index (χ4v) is 3.49. The van der Waals surface area contributed by atoms with E-state index < -0.39 is 0 Å². The zero-order chi connectivity index (χ0) is 15.9. The van der Waals surface area contributed by atoms with Gasteiger partial charge in [0.2, 0.25) is 0 Å². The van der Waals surface area contributed by atoms with Gasteiger partial charge in [0.15, 0.2) is 5.96 Å². The maximum absolute atomic E-state index is 6.04. The molecule has 0 spiro atoms. The van der Waals surface area contributed by atoms with E-state index in [-0.39, 0.29) is 0 Å². The van der Waals surface area contributed by atoms with Crippen molar-refractivity contribution in [3.05, 3.63) is 36.0 Å². The average molecular weight is 312 g/mol. The van der Waals surface area contributed by atoms with Gasteiger partial charge in [0.1, 0.15) is 0 Å². The molecule has 0 atom stereocenters. The lowest BCUT2D eigenvalue weighted by atomic mass is 10.1. The van der Waals surface area contributed by atoms with Crippen LogP contribution in [0.2, 0.25) is 0 Å². The molecule has 1 aromatic carbocycles. The van der Waals surface area contributed by atoms with E-state index in [1.165, 1.54) is 55.0 Å². The van der Waals surface area contributed by atoms with Gasteiger partial charge in [-0.25, -0.2) is 0 Å². The van der Waals surface area contributed by atoms with Crippen molar-refractivity contribution in [2.75, 3.05) is 6.54 Å². The number of aryl methyl sites for hydroxylation is 1. The highest BCUT2D eigenvalue weighted by Crippen LogP contribution is 2.19. The molecule has 1 aromatic heterocycles. The van der Waals surface area contributed by atoms with Crippen molar-refractivity contribution >= 4 is 16.9 Å². The third-order valence-electron chi connectivity index (χ3n) is 4.77. The van der Waals surface area contributed by atoms with Crippen molar-refractivity contribution in [3.8, 4) is 0 Å². The van der Waals surface area contributed by atoms with Crippen molar-refractivity contribution < 1.29 is 0 Å². The highest BCUT2D eigenvalue weighted by molar-refractivity contribution is 5.83. The highest BCUT2D eigenvalue weighted by atomic mass is 15.1. The molecule has 0 amide bonds. The molecule has 124 valence electrons. The van der Waals surface area contributed by atoms with Gasteiger partial charge in [0.25, 0.3) is 0 Å². The number of aromatic amines is 1. The van der Waals surface area contributed by atoms with E-state index in [2.05, 4.69) is 45.8 Å². The number of nitrogens with one attached hydrogen (secondary N) is 2. The molecule has 0 saturated heterocycles. The number of aliphatic imine (C=N–C) groups is 1. The molecular formula is C19H28N4. The number of aromatic nitrogens is 1. The molecule has 1 saturated carbocycles. The minimum absolute atomic E-state index is 0.523. The molecule has 0 bridgehead atoms. The standard InChI is InChI=1S/C19H28N4/c20-19(23-16-9-3-1-2-4-10-16)21-13-7-8-15-14-22-18-12-6-5-11-17(15)18/h5-6,11-12,14,16,22H,1-4,7-10,13H2,(H3,20,21,23). The minimum atomic E-state index is 0.523. The average Bonchev–Trinajstić information content (AvgIpc) is 2.80. The van der Waals surface area contributed by atoms with Crippen LogP contribution in [-0.2, 0) is 6.42 Å². The maximum atomic E-state index is 6.04. The first-order chi connectivity index (χ1) is 11.3. The quantitative estimate of drug-likeness (QED) is 0.341. The van der Waals surface area contributed by atoms with E-state index in [0.717, 1.165) is 19.4 Å². The highest BCUT2D eigenvalue weighted by Gasteiger charge is 2.12. The summed E-state index contributed by atoms with van der Waals surface area (Å²) in [5, 5.41) is 4.72. The summed E-state index contributed by atoms with van der Waals surface area (Å²) < 4.78 is 0. The van der Waals surface area contributed by atoms with Gasteiger partial charge in [0.05, 0.1) is 0 Å². The van der Waals surface area contributed by atoms with Crippen LogP contribution in [-0.4, -0.2) is 23.5 Å². The Balaban J connectivity index is 1.44. The Morgan fingerprint density at radius 1 is 1.17 bits per heavy atom. The molecular weight excluding hydrogens is 284 g/mol. The molecule has 0 aliphatic heterocycles. The Labute approximate surface area is 138 Å². The predicted molar refractivity (Wildman–Crippen MR) is 97.7 cm³/mol. The van der Waals surface area contributed by atoms with Crippen LogP contribution in [0.15, 0.2) is 35.5 Å². The predicted octanol–water partition coefficient (Wildman–Crippen LogP) is 3.73. The van der Waals surface area contributed by atoms with E-state index >= 15 is 0 Å². The zero-order valence-corrected chi connectivity index (χ0v) is 13.9. The molecule has 4 N–H and O–H groups in total. The first kappa shape index (κ1) is 15.9. The van der Waals surface area contributed by atoms with Crippen LogP contribution >= 0.6 is 0 Å². The van der Waals surface area contributed by atoms with Crippen LogP contribution in [0.5, 0.6) is 0 Å². The lowest BCUT2D eigenvalue weighted by molar-refractivity contribution is 0.530. The lowest BCUT2D eigenvalue weighted by Gasteiger charge is -2.16. The molecule has 0 radical (unpaired) electrons. The monoisotopic (exact) mass is 312 g/mol. The summed E-state index contributed by atoms with van der Waals surface area (Å²) >= 11 is 0. The molecule has 1 fully saturated rings. The summed E-state index contributed by atoms with van der Waals surface area (Å²) in [7, 11) is 0. The zero-order valence-electron chi connectivity index (χ0n) is 13.9. The van der Waals surface area contributed by atoms with Crippen molar-refractivity contribution in [2.45, 2.75) is 57.4 Å². The Morgan fingerprint density at radius 3 is 2.78 bits per heavy atom. The molecule has 4 nitrogen and oxygen atoms in total. The summed E-state index contributed by atoms with van der Waals surface area (Å²) in [6.07, 6.45) is 12.0. The van der Waals surface area contributed by atoms with Crippen LogP contribution in [0.1, 0.15) is 50.5 Å². The summed E-state index contributed by atoms with van der Waals surface area (Å²) in [5.41, 5.74) is 8.61. The number of H-pyrrole nitrogens is 1. The second-order valence-electron chi connectivity index (χ2n) is 6.56. The van der Waals surface area contributed by atoms with Crippen molar-refractivity contribution in [2.24, 2.45) is 10.7 Å². The van der Waals surface area contributed by atoms with E-state index in [9.17, 15) is 0 Å². The molecule has 3 rings (SSSR count). The largest absolute Gasteiger partial charge is 0.370 e. The Kier molecular flexibility index (Phi) is 5.56. The second-order valence-corrected chi connectivity index (χ2v) is 6.56. The topological polar surface area (TPSA) is 66.2 Å². The van der Waals surface area contributed by atoms with E-state index in [1.807, 2.05) is 0 Å². The van der Waals surface area contributed by atoms with E-state index in [1.54, 1.807) is 0 Å². The van der Waals surface area contributed by atoms with Crippen molar-refractivity contribution in [1.29, 1.82) is 0 Å². The number of benzene rings is 1. The van der Waals surface area contributed by atoms with Gasteiger partial charge >= 0.3 is 0 Å². The number of rotatable bonds is 5. The second kappa shape index (κ2) is 8.04. The number of nitrogens with two attached hydrogens (primary N) is 1. The minimum Gasteiger partial charge on any atom is -0.370 e. The molecule has 1 aliphatic carbocycles. The Bertz CT molecular complexity index is 636. The van der Waals surface area contributed by atoms with Gasteiger partial charge in [-0.2, -0.15) is 0 Å². The smallest absolute Gasteiger partial charge is 0.188 e. The van der Waals surface area contributed by atoms with Gasteiger partial charge < -0.3 is 16.0 Å². The first-order valence-corrected chi connectivity index (χ1v) is 8.94. The summed E-state index contributed by atoms with van der Waals surface area (Å²) in [6, 6.07) is 8.96. The van der Waals surface area contributed by atoms with Gasteiger partial charge in [0, 0.05) is 29.7 Å². The van der Waals surface area contributed by atoms with Crippen molar-refractivity contribution in [3.63, 3.8) is 0 Å². The SMILES string of the molecule is NC(=NCCCc1c[nH]c2ccccc12)NC1CCCCCC1. The van der Waals surface area contributed by atoms with E-state index in [4.69, 9.17) is 5.73 Å². The van der Waals surface area contributed by atoms with E-state index in [0.29, 0.717) is 12.0 Å². The fraction of sp³-hybridized carbons (Fsp3) is 0.526. The number of guanidine groups is 1. The fourth-order valence-electron chi connectivity index (χ4n) is 3.49. The Hall–Kier alpha value is -1.97. The molecule has 23 heavy (non-hydrogen) atoms. The molecule has 2 aromatic rings. The van der Waals surface area contributed by atoms with Crippen LogP contribution in [0, 0.1) is 0 Å². The van der Waals surface area contributed by atoms with Crippen molar-refractivity contribution in [1.82, 2.24) is 10.3 Å². The number of nitrogens with zero attached hydrogens (tertiary/aromatic N) is 1. The normalized spacial score (nSPS) is 17.3.